The van der Waals surface area contributed by atoms with Crippen molar-refractivity contribution in [3.63, 3.8) is 0 Å². The van der Waals surface area contributed by atoms with Gasteiger partial charge in [-0.15, -0.1) is 5.10 Å². The topological polar surface area (TPSA) is 182 Å². The van der Waals surface area contributed by atoms with Crippen LogP contribution in [0.5, 0.6) is 5.88 Å². The summed E-state index contributed by atoms with van der Waals surface area (Å²) in [5.74, 6) is -1.37. The summed E-state index contributed by atoms with van der Waals surface area (Å²) in [5.41, 5.74) is 6.21. The molecule has 0 bridgehead atoms. The van der Waals surface area contributed by atoms with Crippen molar-refractivity contribution in [1.29, 1.82) is 0 Å². The number of ether oxygens (including phenoxy) is 1. The van der Waals surface area contributed by atoms with E-state index in [4.69, 9.17) is 15.6 Å². The first-order chi connectivity index (χ1) is 17.8. The number of aromatic nitrogens is 5. The van der Waals surface area contributed by atoms with E-state index in [1.165, 1.54) is 17.1 Å². The van der Waals surface area contributed by atoms with E-state index >= 15 is 4.39 Å². The van der Waals surface area contributed by atoms with Gasteiger partial charge in [-0.05, 0) is 44.7 Å². The molecule has 14 heteroatoms. The second kappa shape index (κ2) is 11.1. The number of anilines is 3. The van der Waals surface area contributed by atoms with Gasteiger partial charge in [-0.2, -0.15) is 0 Å². The maximum atomic E-state index is 15.0. The lowest BCUT2D eigenvalue weighted by molar-refractivity contribution is 0.1000. The molecule has 1 saturated carbocycles. The van der Waals surface area contributed by atoms with E-state index in [1.54, 1.807) is 19.2 Å². The lowest BCUT2D eigenvalue weighted by Gasteiger charge is -2.38. The van der Waals surface area contributed by atoms with Gasteiger partial charge in [0.15, 0.2) is 11.6 Å². The lowest BCUT2D eigenvalue weighted by Crippen LogP contribution is -2.50. The Balaban J connectivity index is 1.68. The third kappa shape index (κ3) is 5.85. The summed E-state index contributed by atoms with van der Waals surface area (Å²) in [4.78, 5) is 31.9. The quantitative estimate of drug-likeness (QED) is 0.255. The molecule has 0 spiro atoms. The number of rotatable bonds is 11. The molecule has 1 fully saturated rings. The van der Waals surface area contributed by atoms with Gasteiger partial charge in [-0.1, -0.05) is 11.6 Å². The Labute approximate surface area is 211 Å². The molecular weight excluding hydrogens is 485 g/mol. The summed E-state index contributed by atoms with van der Waals surface area (Å²) in [5, 5.41) is 25.4. The second-order valence-corrected chi connectivity index (χ2v) is 8.63. The fourth-order valence-electron chi connectivity index (χ4n) is 4.16. The van der Waals surface area contributed by atoms with Crippen LogP contribution in [0.15, 0.2) is 30.7 Å². The third-order valence-corrected chi connectivity index (χ3v) is 6.14. The van der Waals surface area contributed by atoms with Gasteiger partial charge < -0.3 is 31.5 Å². The standard InChI is InChI=1S/C23H28FN9O4/c1-3-37-22-17(33-8-7-27-32-33)9-14(11-26-22)29-20-15(19(25)34)10-16(24)21(31-20)30-18(13-5-4-6-13)12(2)28-23(35)36/h7-13,18,28H,3-6H2,1-2H3,(H2,25,34)(H,35,36)(H2,29,30,31)/t12-,18-/m0/s1. The monoisotopic (exact) mass is 513 g/mol. The van der Waals surface area contributed by atoms with Gasteiger partial charge in [-0.3, -0.25) is 4.79 Å². The number of nitrogens with one attached hydrogen (secondary N) is 3. The molecule has 4 rings (SSSR count). The molecule has 1 aliphatic carbocycles. The number of carbonyl (C=O) groups excluding carboxylic acids is 1. The van der Waals surface area contributed by atoms with Gasteiger partial charge in [-0.25, -0.2) is 23.8 Å². The molecule has 37 heavy (non-hydrogen) atoms. The van der Waals surface area contributed by atoms with Crippen molar-refractivity contribution in [2.45, 2.75) is 45.2 Å². The molecule has 0 saturated heterocycles. The molecule has 3 heterocycles. The molecule has 0 unspecified atom stereocenters. The van der Waals surface area contributed by atoms with E-state index in [1.807, 2.05) is 6.92 Å². The number of halogens is 1. The number of pyridine rings is 2. The summed E-state index contributed by atoms with van der Waals surface area (Å²) >= 11 is 0. The molecule has 3 aromatic rings. The molecule has 0 radical (unpaired) electrons. The van der Waals surface area contributed by atoms with Crippen LogP contribution in [0.3, 0.4) is 0 Å². The van der Waals surface area contributed by atoms with Crippen LogP contribution in [-0.2, 0) is 0 Å². The summed E-state index contributed by atoms with van der Waals surface area (Å²) in [6.45, 7) is 3.90. The van der Waals surface area contributed by atoms with Gasteiger partial charge >= 0.3 is 6.09 Å². The minimum absolute atomic E-state index is 0.00175. The van der Waals surface area contributed by atoms with Crippen LogP contribution >= 0.6 is 0 Å². The normalized spacial score (nSPS) is 14.8. The molecule has 13 nitrogen and oxygen atoms in total. The van der Waals surface area contributed by atoms with Crippen LogP contribution in [0.2, 0.25) is 0 Å². The van der Waals surface area contributed by atoms with Crippen LogP contribution in [0.4, 0.5) is 26.5 Å². The van der Waals surface area contributed by atoms with Crippen LogP contribution in [0.25, 0.3) is 5.69 Å². The zero-order chi connectivity index (χ0) is 26.5. The number of amides is 2. The highest BCUT2D eigenvalue weighted by molar-refractivity contribution is 5.98. The highest BCUT2D eigenvalue weighted by Crippen LogP contribution is 2.34. The Morgan fingerprint density at radius 2 is 2.11 bits per heavy atom. The van der Waals surface area contributed by atoms with Crippen molar-refractivity contribution < 1.29 is 23.8 Å². The van der Waals surface area contributed by atoms with Crippen LogP contribution in [0.1, 0.15) is 43.5 Å². The Morgan fingerprint density at radius 3 is 2.70 bits per heavy atom. The zero-order valence-electron chi connectivity index (χ0n) is 20.3. The zero-order valence-corrected chi connectivity index (χ0v) is 20.3. The Bertz CT molecular complexity index is 1270. The summed E-state index contributed by atoms with van der Waals surface area (Å²) < 4.78 is 22.1. The Hall–Kier alpha value is -4.49. The van der Waals surface area contributed by atoms with E-state index in [-0.39, 0.29) is 23.1 Å². The second-order valence-electron chi connectivity index (χ2n) is 8.63. The molecule has 2 atom stereocenters. The van der Waals surface area contributed by atoms with Crippen molar-refractivity contribution in [2.24, 2.45) is 11.7 Å². The van der Waals surface area contributed by atoms with Gasteiger partial charge in [0.25, 0.3) is 5.91 Å². The minimum Gasteiger partial charge on any atom is -0.476 e. The maximum Gasteiger partial charge on any atom is 0.404 e. The van der Waals surface area contributed by atoms with Crippen molar-refractivity contribution >= 4 is 29.3 Å². The SMILES string of the molecule is CCOc1ncc(Nc2nc(N[C@H](C3CCC3)[C@H](C)NC(=O)O)c(F)cc2C(N)=O)cc1-n1ccnn1. The van der Waals surface area contributed by atoms with Crippen LogP contribution < -0.4 is 26.4 Å². The number of carbonyl (C=O) groups is 2. The van der Waals surface area contributed by atoms with E-state index in [0.717, 1.165) is 25.3 Å². The molecule has 0 aliphatic heterocycles. The molecular formula is C23H28FN9O4. The average molecular weight is 514 g/mol. The summed E-state index contributed by atoms with van der Waals surface area (Å²) in [6.07, 6.45) is 6.15. The van der Waals surface area contributed by atoms with E-state index in [0.29, 0.717) is 23.9 Å². The number of primary amides is 1. The molecule has 0 aromatic carbocycles. The number of nitrogens with two attached hydrogens (primary N) is 1. The molecule has 1 aliphatic rings. The van der Waals surface area contributed by atoms with E-state index < -0.39 is 29.9 Å². The molecule has 196 valence electrons. The van der Waals surface area contributed by atoms with Crippen LogP contribution in [0, 0.1) is 11.7 Å². The van der Waals surface area contributed by atoms with Gasteiger partial charge in [0, 0.05) is 6.04 Å². The average Bonchev–Trinajstić information content (AvgIpc) is 3.34. The molecule has 6 N–H and O–H groups in total. The first kappa shape index (κ1) is 25.6. The first-order valence-electron chi connectivity index (χ1n) is 11.8. The highest BCUT2D eigenvalue weighted by Gasteiger charge is 2.33. The molecule has 2 amide bonds. The van der Waals surface area contributed by atoms with E-state index in [2.05, 4.69) is 36.2 Å². The largest absolute Gasteiger partial charge is 0.476 e. The highest BCUT2D eigenvalue weighted by atomic mass is 19.1. The maximum absolute atomic E-state index is 15.0. The number of nitrogens with zero attached hydrogens (tertiary/aromatic N) is 5. The smallest absolute Gasteiger partial charge is 0.404 e. The van der Waals surface area contributed by atoms with Crippen molar-refractivity contribution in [3.05, 3.63) is 42.1 Å². The Morgan fingerprint density at radius 1 is 1.32 bits per heavy atom. The van der Waals surface area contributed by atoms with Crippen LogP contribution in [-0.4, -0.2) is 60.8 Å². The Kier molecular flexibility index (Phi) is 7.65. The van der Waals surface area contributed by atoms with E-state index in [9.17, 15) is 9.59 Å². The van der Waals surface area contributed by atoms with Crippen molar-refractivity contribution in [2.75, 3.05) is 17.2 Å². The van der Waals surface area contributed by atoms with Gasteiger partial charge in [0.2, 0.25) is 5.88 Å². The van der Waals surface area contributed by atoms with Crippen molar-refractivity contribution in [1.82, 2.24) is 30.3 Å². The number of hydrogen-bond donors (Lipinski definition) is 5. The third-order valence-electron chi connectivity index (χ3n) is 6.14. The van der Waals surface area contributed by atoms with Crippen molar-refractivity contribution in [3.8, 4) is 11.6 Å². The predicted molar refractivity (Wildman–Crippen MR) is 132 cm³/mol. The molecule has 3 aromatic heterocycles. The summed E-state index contributed by atoms with van der Waals surface area (Å²) in [7, 11) is 0. The summed E-state index contributed by atoms with van der Waals surface area (Å²) in [6, 6.07) is 1.72. The first-order valence-corrected chi connectivity index (χ1v) is 11.8. The lowest BCUT2D eigenvalue weighted by atomic mass is 9.77. The van der Waals surface area contributed by atoms with Gasteiger partial charge in [0.05, 0.1) is 42.5 Å². The number of hydrogen-bond acceptors (Lipinski definition) is 9. The fourth-order valence-corrected chi connectivity index (χ4v) is 4.16. The minimum atomic E-state index is -1.18. The van der Waals surface area contributed by atoms with Gasteiger partial charge in [0.1, 0.15) is 11.5 Å². The number of carboxylic acid groups (broad SMARTS) is 1. The predicted octanol–water partition coefficient (Wildman–Crippen LogP) is 2.67. The fraction of sp³-hybridized carbons (Fsp3) is 0.391.